The van der Waals surface area contributed by atoms with Crippen LogP contribution in [0.1, 0.15) is 22.3 Å². The standard InChI is InChI=1S/C42H41N7O6/c43-32(18-25-21-44-33-10-4-1-7-29(25)33)39(51)47-36(17-24-13-15-28(50)16-14-24)40(52)48-37(19-26-22-45-34-11-5-2-8-30(26)34)41(53)49-38(42(54)55)20-27-23-46-35-12-6-3-9-31(27)35/h1-16,21-23,32,36-38,44-46,50H,17-20,43H2,(H,47,51)(H,48,52)(H,49,53)(H,54,55). The minimum absolute atomic E-state index is 0.00725. The number of para-hydroxylation sites is 3. The van der Waals surface area contributed by atoms with Gasteiger partial charge in [-0.15, -0.1) is 0 Å². The molecule has 4 aromatic carbocycles. The number of nitrogens with one attached hydrogen (secondary N) is 6. The number of fused-ring (bicyclic) bond motifs is 3. The molecule has 0 saturated carbocycles. The maximum atomic E-state index is 14.3. The summed E-state index contributed by atoms with van der Waals surface area (Å²) >= 11 is 0. The number of aromatic nitrogens is 3. The number of rotatable bonds is 15. The summed E-state index contributed by atoms with van der Waals surface area (Å²) in [6.45, 7) is 0. The number of aliphatic carboxylic acids is 1. The molecule has 4 unspecified atom stereocenters. The summed E-state index contributed by atoms with van der Waals surface area (Å²) in [7, 11) is 0. The van der Waals surface area contributed by atoms with Crippen LogP contribution in [0.2, 0.25) is 0 Å². The van der Waals surface area contributed by atoms with E-state index >= 15 is 0 Å². The molecule has 3 amide bonds. The monoisotopic (exact) mass is 739 g/mol. The van der Waals surface area contributed by atoms with E-state index in [1.165, 1.54) is 12.1 Å². The maximum Gasteiger partial charge on any atom is 0.326 e. The molecule has 0 spiro atoms. The number of amides is 3. The van der Waals surface area contributed by atoms with E-state index in [9.17, 15) is 29.4 Å². The molecule has 0 saturated heterocycles. The number of aromatic amines is 3. The highest BCUT2D eigenvalue weighted by Crippen LogP contribution is 2.22. The van der Waals surface area contributed by atoms with Gasteiger partial charge in [0.05, 0.1) is 6.04 Å². The van der Waals surface area contributed by atoms with E-state index in [1.807, 2.05) is 72.8 Å². The Morgan fingerprint density at radius 1 is 0.527 bits per heavy atom. The molecule has 0 radical (unpaired) electrons. The third-order valence-corrected chi connectivity index (χ3v) is 9.91. The summed E-state index contributed by atoms with van der Waals surface area (Å²) in [5.41, 5.74) is 11.9. The molecule has 0 fully saturated rings. The van der Waals surface area contributed by atoms with E-state index < -0.39 is 47.9 Å². The zero-order chi connectivity index (χ0) is 38.5. The van der Waals surface area contributed by atoms with Crippen LogP contribution >= 0.6 is 0 Å². The highest BCUT2D eigenvalue weighted by Gasteiger charge is 2.32. The third-order valence-electron chi connectivity index (χ3n) is 9.91. The van der Waals surface area contributed by atoms with Crippen molar-refractivity contribution < 1.29 is 29.4 Å². The van der Waals surface area contributed by atoms with Crippen LogP contribution in [0.3, 0.4) is 0 Å². The Kier molecular flexibility index (Phi) is 10.6. The fourth-order valence-electron chi connectivity index (χ4n) is 6.98. The van der Waals surface area contributed by atoms with E-state index in [-0.39, 0.29) is 31.4 Å². The second kappa shape index (κ2) is 16.0. The molecule has 3 heterocycles. The average molecular weight is 740 g/mol. The lowest BCUT2D eigenvalue weighted by molar-refractivity contribution is -0.142. The molecule has 7 rings (SSSR count). The van der Waals surface area contributed by atoms with Gasteiger partial charge in [-0.1, -0.05) is 66.7 Å². The molecule has 13 nitrogen and oxygen atoms in total. The minimum atomic E-state index is -1.32. The number of carbonyl (C=O) groups excluding carboxylic acids is 3. The molecule has 7 aromatic rings. The Morgan fingerprint density at radius 2 is 0.927 bits per heavy atom. The SMILES string of the molecule is NC(Cc1c[nH]c2ccccc12)C(=O)NC(Cc1ccc(O)cc1)C(=O)NC(Cc1c[nH]c2ccccc12)C(=O)NC(Cc1c[nH]c2ccccc12)C(=O)O. The highest BCUT2D eigenvalue weighted by atomic mass is 16.4. The Balaban J connectivity index is 1.14. The molecule has 10 N–H and O–H groups in total. The van der Waals surface area contributed by atoms with E-state index in [4.69, 9.17) is 5.73 Å². The van der Waals surface area contributed by atoms with Crippen molar-refractivity contribution >= 4 is 56.4 Å². The number of carboxylic acids is 1. The first-order chi connectivity index (χ1) is 26.6. The van der Waals surface area contributed by atoms with Gasteiger partial charge < -0.3 is 46.8 Å². The molecule has 0 bridgehead atoms. The molecular formula is C42H41N7O6. The summed E-state index contributed by atoms with van der Waals surface area (Å²) < 4.78 is 0. The molecular weight excluding hydrogens is 699 g/mol. The van der Waals surface area contributed by atoms with Crippen molar-refractivity contribution in [2.75, 3.05) is 0 Å². The van der Waals surface area contributed by atoms with Gasteiger partial charge in [0.15, 0.2) is 0 Å². The molecule has 55 heavy (non-hydrogen) atoms. The quantitative estimate of drug-likeness (QED) is 0.0753. The van der Waals surface area contributed by atoms with Crippen LogP contribution in [0.5, 0.6) is 5.75 Å². The summed E-state index contributed by atoms with van der Waals surface area (Å²) in [6, 6.07) is 24.1. The number of hydrogen-bond donors (Lipinski definition) is 9. The number of H-pyrrole nitrogens is 3. The molecule has 0 aliphatic rings. The van der Waals surface area contributed by atoms with E-state index in [2.05, 4.69) is 30.9 Å². The van der Waals surface area contributed by atoms with Crippen LogP contribution in [0, 0.1) is 0 Å². The first kappa shape index (κ1) is 36.5. The van der Waals surface area contributed by atoms with Gasteiger partial charge in [0.2, 0.25) is 17.7 Å². The number of phenolic OH excluding ortho intramolecular Hbond substituents is 1. The van der Waals surface area contributed by atoms with Crippen LogP contribution in [-0.4, -0.2) is 73.0 Å². The van der Waals surface area contributed by atoms with Gasteiger partial charge in [-0.2, -0.15) is 0 Å². The Bertz CT molecular complexity index is 2480. The van der Waals surface area contributed by atoms with Crippen LogP contribution in [-0.2, 0) is 44.9 Å². The van der Waals surface area contributed by atoms with Crippen molar-refractivity contribution in [3.63, 3.8) is 0 Å². The summed E-state index contributed by atoms with van der Waals surface area (Å²) in [6.07, 6.45) is 5.48. The van der Waals surface area contributed by atoms with Crippen molar-refractivity contribution in [1.82, 2.24) is 30.9 Å². The zero-order valence-electron chi connectivity index (χ0n) is 29.7. The van der Waals surface area contributed by atoms with Crippen LogP contribution in [0.4, 0.5) is 0 Å². The van der Waals surface area contributed by atoms with Crippen LogP contribution < -0.4 is 21.7 Å². The van der Waals surface area contributed by atoms with Gasteiger partial charge >= 0.3 is 5.97 Å². The predicted molar refractivity (Wildman–Crippen MR) is 209 cm³/mol. The van der Waals surface area contributed by atoms with E-state index in [1.54, 1.807) is 30.7 Å². The summed E-state index contributed by atoms with van der Waals surface area (Å²) in [4.78, 5) is 64.1. The number of aromatic hydroxyl groups is 1. The number of nitrogens with two attached hydrogens (primary N) is 1. The zero-order valence-corrected chi connectivity index (χ0v) is 29.7. The van der Waals surface area contributed by atoms with Crippen molar-refractivity contribution in [3.8, 4) is 5.75 Å². The molecule has 13 heteroatoms. The first-order valence-corrected chi connectivity index (χ1v) is 18.0. The second-order valence-corrected chi connectivity index (χ2v) is 13.7. The summed E-state index contributed by atoms with van der Waals surface area (Å²) in [5, 5.41) is 31.0. The Hall–Kier alpha value is -6.86. The van der Waals surface area contributed by atoms with Crippen LogP contribution in [0.15, 0.2) is 116 Å². The third kappa shape index (κ3) is 8.37. The smallest absolute Gasteiger partial charge is 0.326 e. The van der Waals surface area contributed by atoms with Crippen molar-refractivity contribution in [1.29, 1.82) is 0 Å². The number of carbonyl (C=O) groups is 4. The van der Waals surface area contributed by atoms with Gasteiger partial charge in [0.25, 0.3) is 0 Å². The number of carboxylic acid groups (broad SMARTS) is 1. The first-order valence-electron chi connectivity index (χ1n) is 18.0. The highest BCUT2D eigenvalue weighted by molar-refractivity contribution is 5.95. The molecule has 4 atom stereocenters. The molecule has 0 aliphatic carbocycles. The normalized spacial score (nSPS) is 13.6. The van der Waals surface area contributed by atoms with Crippen LogP contribution in [0.25, 0.3) is 32.7 Å². The van der Waals surface area contributed by atoms with Gasteiger partial charge in [0, 0.05) is 70.6 Å². The second-order valence-electron chi connectivity index (χ2n) is 13.7. The fraction of sp³-hybridized carbons (Fsp3) is 0.190. The Labute approximate surface area is 315 Å². The minimum Gasteiger partial charge on any atom is -0.508 e. The van der Waals surface area contributed by atoms with Crippen molar-refractivity contribution in [2.45, 2.75) is 49.9 Å². The van der Waals surface area contributed by atoms with Gasteiger partial charge in [-0.3, -0.25) is 14.4 Å². The van der Waals surface area contributed by atoms with Gasteiger partial charge in [-0.05, 0) is 59.0 Å². The number of hydrogen-bond acceptors (Lipinski definition) is 6. The van der Waals surface area contributed by atoms with Crippen molar-refractivity contribution in [3.05, 3.63) is 138 Å². The van der Waals surface area contributed by atoms with Gasteiger partial charge in [-0.25, -0.2) is 4.79 Å². The number of benzene rings is 4. The number of phenols is 1. The lowest BCUT2D eigenvalue weighted by Gasteiger charge is -2.25. The molecule has 0 aliphatic heterocycles. The predicted octanol–water partition coefficient (Wildman–Crippen LogP) is 3.97. The lowest BCUT2D eigenvalue weighted by atomic mass is 10.00. The molecule has 3 aromatic heterocycles. The van der Waals surface area contributed by atoms with Crippen molar-refractivity contribution in [2.24, 2.45) is 5.73 Å². The Morgan fingerprint density at radius 3 is 1.42 bits per heavy atom. The fourth-order valence-corrected chi connectivity index (χ4v) is 6.98. The van der Waals surface area contributed by atoms with Gasteiger partial charge in [0.1, 0.15) is 23.9 Å². The molecule has 280 valence electrons. The summed E-state index contributed by atoms with van der Waals surface area (Å²) in [5.74, 6) is -3.17. The topological polar surface area (TPSA) is 218 Å². The largest absolute Gasteiger partial charge is 0.508 e. The average Bonchev–Trinajstić information content (AvgIpc) is 3.92. The maximum absolute atomic E-state index is 14.3. The van der Waals surface area contributed by atoms with E-state index in [0.717, 1.165) is 43.8 Å². The lowest BCUT2D eigenvalue weighted by Crippen LogP contribution is -2.58. The van der Waals surface area contributed by atoms with E-state index in [0.29, 0.717) is 11.1 Å².